The number of pyridine rings is 2. The van der Waals surface area contributed by atoms with E-state index in [2.05, 4.69) is 32.7 Å². The van der Waals surface area contributed by atoms with Gasteiger partial charge in [0.1, 0.15) is 5.56 Å². The smallest absolute Gasteiger partial charge is 0.341 e. The second-order valence-electron chi connectivity index (χ2n) is 8.43. The molecule has 8 heteroatoms. The van der Waals surface area contributed by atoms with Crippen molar-refractivity contribution in [3.63, 3.8) is 0 Å². The summed E-state index contributed by atoms with van der Waals surface area (Å²) >= 11 is 6.41. The molecule has 1 aliphatic heterocycles. The van der Waals surface area contributed by atoms with E-state index in [0.717, 1.165) is 12.0 Å². The molecule has 0 saturated heterocycles. The van der Waals surface area contributed by atoms with Crippen molar-refractivity contribution >= 4 is 17.6 Å². The van der Waals surface area contributed by atoms with Gasteiger partial charge in [-0.25, -0.2) is 9.78 Å². The number of hydrogen-bond donors (Lipinski definition) is 1. The van der Waals surface area contributed by atoms with Crippen molar-refractivity contribution in [3.05, 3.63) is 44.8 Å². The van der Waals surface area contributed by atoms with Crippen LogP contribution in [-0.2, 0) is 10.2 Å². The van der Waals surface area contributed by atoms with Crippen LogP contribution in [0.1, 0.15) is 56.1 Å². The summed E-state index contributed by atoms with van der Waals surface area (Å²) < 4.78 is 12.7. The molecule has 1 unspecified atom stereocenters. The molecule has 1 aliphatic rings. The molecule has 3 heterocycles. The van der Waals surface area contributed by atoms with Gasteiger partial charge in [0.25, 0.3) is 0 Å². The first-order chi connectivity index (χ1) is 14.1. The van der Waals surface area contributed by atoms with Crippen molar-refractivity contribution in [2.24, 2.45) is 5.92 Å². The normalized spacial score (nSPS) is 16.8. The van der Waals surface area contributed by atoms with Gasteiger partial charge >= 0.3 is 5.97 Å². The van der Waals surface area contributed by atoms with Gasteiger partial charge in [0.05, 0.1) is 18.0 Å². The molecular weight excluding hydrogens is 408 g/mol. The standard InChI is InChI=1S/C22H27ClN2O5/c1-12(2)19-22(3,4)14-9-17(30-8-6-7-29-5)20(23)24-18(14)15-10-16(26)13(21(27)28)11-25(15)19/h9-12,19H,6-8H2,1-5H3,(H,27,28). The topological polar surface area (TPSA) is 90.7 Å². The summed E-state index contributed by atoms with van der Waals surface area (Å²) in [6.07, 6.45) is 2.15. The third-order valence-electron chi connectivity index (χ3n) is 5.61. The van der Waals surface area contributed by atoms with Crippen molar-refractivity contribution in [1.29, 1.82) is 0 Å². The van der Waals surface area contributed by atoms with E-state index in [1.807, 2.05) is 10.6 Å². The number of aromatic nitrogens is 2. The molecule has 0 amide bonds. The number of carboxylic acid groups (broad SMARTS) is 1. The van der Waals surface area contributed by atoms with E-state index in [0.29, 0.717) is 30.4 Å². The van der Waals surface area contributed by atoms with Crippen LogP contribution < -0.4 is 10.2 Å². The lowest BCUT2D eigenvalue weighted by Gasteiger charge is -2.45. The minimum absolute atomic E-state index is 0.0944. The molecule has 1 atom stereocenters. The quantitative estimate of drug-likeness (QED) is 0.519. The van der Waals surface area contributed by atoms with Crippen molar-refractivity contribution < 1.29 is 19.4 Å². The summed E-state index contributed by atoms with van der Waals surface area (Å²) in [4.78, 5) is 28.6. The van der Waals surface area contributed by atoms with E-state index < -0.39 is 16.8 Å². The number of nitrogens with zero attached hydrogens (tertiary/aromatic N) is 2. The summed E-state index contributed by atoms with van der Waals surface area (Å²) in [5.41, 5.74) is 0.817. The lowest BCUT2D eigenvalue weighted by atomic mass is 9.70. The second-order valence-corrected chi connectivity index (χ2v) is 8.79. The van der Waals surface area contributed by atoms with E-state index >= 15 is 0 Å². The van der Waals surface area contributed by atoms with Crippen molar-refractivity contribution in [3.8, 4) is 17.1 Å². The molecular formula is C22H27ClN2O5. The Hall–Kier alpha value is -2.38. The van der Waals surface area contributed by atoms with Gasteiger partial charge < -0.3 is 19.1 Å². The van der Waals surface area contributed by atoms with Crippen LogP contribution in [0.4, 0.5) is 0 Å². The molecule has 7 nitrogen and oxygen atoms in total. The maximum Gasteiger partial charge on any atom is 0.341 e. The van der Waals surface area contributed by atoms with Gasteiger partial charge in [0.15, 0.2) is 16.3 Å². The zero-order valence-corrected chi connectivity index (χ0v) is 18.6. The Labute approximate surface area is 180 Å². The second kappa shape index (κ2) is 8.40. The summed E-state index contributed by atoms with van der Waals surface area (Å²) in [5.74, 6) is -0.593. The third kappa shape index (κ3) is 3.84. The van der Waals surface area contributed by atoms with Gasteiger partial charge in [-0.15, -0.1) is 0 Å². The molecule has 3 rings (SSSR count). The van der Waals surface area contributed by atoms with Gasteiger partial charge in [-0.05, 0) is 17.5 Å². The van der Waals surface area contributed by atoms with Crippen LogP contribution >= 0.6 is 11.6 Å². The van der Waals surface area contributed by atoms with E-state index in [1.165, 1.54) is 12.3 Å². The predicted octanol–water partition coefficient (Wildman–Crippen LogP) is 4.17. The Bertz CT molecular complexity index is 1030. The molecule has 0 aliphatic carbocycles. The summed E-state index contributed by atoms with van der Waals surface area (Å²) in [7, 11) is 1.64. The van der Waals surface area contributed by atoms with Gasteiger partial charge in [0.2, 0.25) is 0 Å². The maximum absolute atomic E-state index is 12.4. The zero-order valence-electron chi connectivity index (χ0n) is 17.9. The fourth-order valence-corrected chi connectivity index (χ4v) is 4.63. The number of aromatic carboxylic acids is 1. The first-order valence-corrected chi connectivity index (χ1v) is 10.3. The fourth-order valence-electron chi connectivity index (χ4n) is 4.44. The highest BCUT2D eigenvalue weighted by Crippen LogP contribution is 2.50. The first kappa shape index (κ1) is 22.3. The van der Waals surface area contributed by atoms with Gasteiger partial charge in [-0.1, -0.05) is 39.3 Å². The zero-order chi connectivity index (χ0) is 22.2. The number of rotatable bonds is 7. The van der Waals surface area contributed by atoms with Gasteiger partial charge in [-0.3, -0.25) is 4.79 Å². The highest BCUT2D eigenvalue weighted by Gasteiger charge is 2.43. The molecule has 0 saturated carbocycles. The highest BCUT2D eigenvalue weighted by atomic mass is 35.5. The van der Waals surface area contributed by atoms with Crippen LogP contribution in [0.15, 0.2) is 23.1 Å². The first-order valence-electron chi connectivity index (χ1n) is 9.92. The van der Waals surface area contributed by atoms with Crippen LogP contribution in [0.2, 0.25) is 5.15 Å². The minimum Gasteiger partial charge on any atom is -0.490 e. The molecule has 1 N–H and O–H groups in total. The molecule has 0 radical (unpaired) electrons. The number of methoxy groups -OCH3 is 1. The van der Waals surface area contributed by atoms with Gasteiger partial charge in [-0.2, -0.15) is 0 Å². The molecule has 0 aromatic carbocycles. The summed E-state index contributed by atoms with van der Waals surface area (Å²) in [6.45, 7) is 9.35. The van der Waals surface area contributed by atoms with Crippen molar-refractivity contribution in [1.82, 2.24) is 9.55 Å². The van der Waals surface area contributed by atoms with E-state index in [9.17, 15) is 14.7 Å². The van der Waals surface area contributed by atoms with Gasteiger partial charge in [0, 0.05) is 43.9 Å². The SMILES string of the molecule is COCCCOc1cc2c(nc1Cl)-c1cc(=O)c(C(=O)O)cn1C(C(C)C)C2(C)C. The molecule has 2 aromatic rings. The number of fused-ring (bicyclic) bond motifs is 3. The van der Waals surface area contributed by atoms with E-state index in [-0.39, 0.29) is 22.7 Å². The monoisotopic (exact) mass is 434 g/mol. The Morgan fingerprint density at radius 3 is 2.63 bits per heavy atom. The molecule has 162 valence electrons. The summed E-state index contributed by atoms with van der Waals surface area (Å²) in [5, 5.41) is 9.64. The number of hydrogen-bond acceptors (Lipinski definition) is 5. The number of ether oxygens (including phenoxy) is 2. The number of carbonyl (C=O) groups is 1. The Balaban J connectivity index is 2.21. The minimum atomic E-state index is -1.24. The van der Waals surface area contributed by atoms with Crippen LogP contribution in [0.3, 0.4) is 0 Å². The lowest BCUT2D eigenvalue weighted by molar-refractivity contribution is 0.0693. The molecule has 0 spiro atoms. The largest absolute Gasteiger partial charge is 0.490 e. The molecule has 30 heavy (non-hydrogen) atoms. The molecule has 2 aromatic heterocycles. The van der Waals surface area contributed by atoms with Crippen LogP contribution in [-0.4, -0.2) is 41.0 Å². The van der Waals surface area contributed by atoms with E-state index in [1.54, 1.807) is 7.11 Å². The summed E-state index contributed by atoms with van der Waals surface area (Å²) in [6, 6.07) is 3.14. The Morgan fingerprint density at radius 2 is 2.03 bits per heavy atom. The van der Waals surface area contributed by atoms with Crippen LogP contribution in [0.5, 0.6) is 5.75 Å². The van der Waals surface area contributed by atoms with Crippen molar-refractivity contribution in [2.75, 3.05) is 20.3 Å². The van der Waals surface area contributed by atoms with Crippen molar-refractivity contribution in [2.45, 2.75) is 45.6 Å². The third-order valence-corrected chi connectivity index (χ3v) is 5.88. The Morgan fingerprint density at radius 1 is 1.33 bits per heavy atom. The fraction of sp³-hybridized carbons (Fsp3) is 0.500. The van der Waals surface area contributed by atoms with E-state index in [4.69, 9.17) is 21.1 Å². The average molecular weight is 435 g/mol. The Kier molecular flexibility index (Phi) is 6.24. The highest BCUT2D eigenvalue weighted by molar-refractivity contribution is 6.31. The number of carboxylic acids is 1. The van der Waals surface area contributed by atoms with Crippen LogP contribution in [0.25, 0.3) is 11.4 Å². The molecule has 0 bridgehead atoms. The average Bonchev–Trinajstić information content (AvgIpc) is 2.65. The molecule has 0 fully saturated rings. The lowest BCUT2D eigenvalue weighted by Crippen LogP contribution is -2.40. The van der Waals surface area contributed by atoms with Crippen LogP contribution in [0, 0.1) is 5.92 Å². The maximum atomic E-state index is 12.4. The number of halogens is 1. The predicted molar refractivity (Wildman–Crippen MR) is 115 cm³/mol.